The second kappa shape index (κ2) is 11.2. The molecule has 1 saturated heterocycles. The highest BCUT2D eigenvalue weighted by Gasteiger charge is 2.31. The average Bonchev–Trinajstić information content (AvgIpc) is 2.94. The molecule has 2 aliphatic rings. The standard InChI is InChI=1S/C27H37N3O6S/c1-6-19(2)27(31)29-13-11-28(12-14-29)23-17-22(7-8-24(23)34-3)37(32,33)30-10-9-20-15-25(35-4)26(36-5)16-21(20)18-30/h7-8,15-17,19H,6,9-14,18H2,1-5H3/t19-/m0/s1. The van der Waals surface area contributed by atoms with Gasteiger partial charge in [-0.3, -0.25) is 4.79 Å². The maximum atomic E-state index is 13.7. The minimum atomic E-state index is -3.75. The molecule has 37 heavy (non-hydrogen) atoms. The second-order valence-corrected chi connectivity index (χ2v) is 11.5. The zero-order valence-corrected chi connectivity index (χ0v) is 23.1. The van der Waals surface area contributed by atoms with Gasteiger partial charge < -0.3 is 24.0 Å². The monoisotopic (exact) mass is 531 g/mol. The van der Waals surface area contributed by atoms with Gasteiger partial charge in [-0.2, -0.15) is 4.31 Å². The number of ether oxygens (including phenoxy) is 3. The van der Waals surface area contributed by atoms with E-state index < -0.39 is 10.0 Å². The molecule has 0 spiro atoms. The Bertz CT molecular complexity index is 1240. The van der Waals surface area contributed by atoms with Crippen molar-refractivity contribution < 1.29 is 27.4 Å². The lowest BCUT2D eigenvalue weighted by Gasteiger charge is -2.37. The minimum Gasteiger partial charge on any atom is -0.495 e. The van der Waals surface area contributed by atoms with Gasteiger partial charge in [-0.15, -0.1) is 0 Å². The van der Waals surface area contributed by atoms with Crippen LogP contribution in [0.2, 0.25) is 0 Å². The minimum absolute atomic E-state index is 0.00489. The lowest BCUT2D eigenvalue weighted by molar-refractivity contribution is -0.135. The number of methoxy groups -OCH3 is 3. The van der Waals surface area contributed by atoms with E-state index in [-0.39, 0.29) is 23.3 Å². The predicted molar refractivity (Wildman–Crippen MR) is 142 cm³/mol. The number of nitrogens with zero attached hydrogens (tertiary/aromatic N) is 3. The first kappa shape index (κ1) is 27.1. The Labute approximate surface area is 219 Å². The van der Waals surface area contributed by atoms with Crippen LogP contribution in [-0.2, 0) is 27.8 Å². The Kier molecular flexibility index (Phi) is 8.18. The summed E-state index contributed by atoms with van der Waals surface area (Å²) in [5, 5.41) is 0. The molecule has 1 atom stereocenters. The van der Waals surface area contributed by atoms with Crippen molar-refractivity contribution in [2.75, 3.05) is 59.0 Å². The fourth-order valence-electron chi connectivity index (χ4n) is 4.94. The van der Waals surface area contributed by atoms with Crippen LogP contribution >= 0.6 is 0 Å². The van der Waals surface area contributed by atoms with Crippen LogP contribution < -0.4 is 19.1 Å². The molecule has 0 N–H and O–H groups in total. The van der Waals surface area contributed by atoms with Gasteiger partial charge in [-0.25, -0.2) is 8.42 Å². The van der Waals surface area contributed by atoms with Gasteiger partial charge in [0.05, 0.1) is 31.9 Å². The summed E-state index contributed by atoms with van der Waals surface area (Å²) < 4.78 is 45.3. The summed E-state index contributed by atoms with van der Waals surface area (Å²) in [5.41, 5.74) is 2.69. The Balaban J connectivity index is 1.56. The van der Waals surface area contributed by atoms with Crippen LogP contribution in [0.25, 0.3) is 0 Å². The molecule has 0 aliphatic carbocycles. The third-order valence-electron chi connectivity index (χ3n) is 7.44. The fourth-order valence-corrected chi connectivity index (χ4v) is 6.38. The maximum Gasteiger partial charge on any atom is 0.243 e. The summed E-state index contributed by atoms with van der Waals surface area (Å²) in [7, 11) is 0.994. The molecular formula is C27H37N3O6S. The van der Waals surface area contributed by atoms with Crippen molar-refractivity contribution in [1.29, 1.82) is 0 Å². The molecule has 0 radical (unpaired) electrons. The molecule has 0 unspecified atom stereocenters. The van der Waals surface area contributed by atoms with Crippen molar-refractivity contribution in [1.82, 2.24) is 9.21 Å². The number of piperazine rings is 1. The SMILES string of the molecule is CC[C@H](C)C(=O)N1CCN(c2cc(S(=O)(=O)N3CCc4cc(OC)c(OC)cc4C3)ccc2OC)CC1. The van der Waals surface area contributed by atoms with Crippen molar-refractivity contribution >= 4 is 21.6 Å². The van der Waals surface area contributed by atoms with Crippen molar-refractivity contribution in [3.05, 3.63) is 41.5 Å². The van der Waals surface area contributed by atoms with Crippen molar-refractivity contribution in [2.45, 2.75) is 38.1 Å². The van der Waals surface area contributed by atoms with Crippen molar-refractivity contribution in [2.24, 2.45) is 5.92 Å². The smallest absolute Gasteiger partial charge is 0.243 e. The molecule has 1 fully saturated rings. The number of benzene rings is 2. The van der Waals surface area contributed by atoms with Crippen molar-refractivity contribution in [3.8, 4) is 17.2 Å². The van der Waals surface area contributed by atoms with E-state index in [1.165, 1.54) is 4.31 Å². The van der Waals surface area contributed by atoms with Gasteiger partial charge in [0.25, 0.3) is 0 Å². The van der Waals surface area contributed by atoms with Crippen LogP contribution in [0.15, 0.2) is 35.2 Å². The highest BCUT2D eigenvalue weighted by Crippen LogP contribution is 2.36. The molecule has 10 heteroatoms. The van der Waals surface area contributed by atoms with Gasteiger partial charge in [0.2, 0.25) is 15.9 Å². The highest BCUT2D eigenvalue weighted by atomic mass is 32.2. The molecule has 202 valence electrons. The number of carbonyl (C=O) groups is 1. The number of hydrogen-bond acceptors (Lipinski definition) is 7. The molecule has 0 bridgehead atoms. The fraction of sp³-hybridized carbons (Fsp3) is 0.519. The van der Waals surface area contributed by atoms with Crippen LogP contribution in [0.1, 0.15) is 31.4 Å². The summed E-state index contributed by atoms with van der Waals surface area (Å²) in [6.45, 7) is 7.02. The number of fused-ring (bicyclic) bond motifs is 1. The van der Waals surface area contributed by atoms with E-state index in [4.69, 9.17) is 14.2 Å². The summed E-state index contributed by atoms with van der Waals surface area (Å²) in [6.07, 6.45) is 1.40. The topological polar surface area (TPSA) is 88.6 Å². The van der Waals surface area contributed by atoms with Crippen LogP contribution in [0.3, 0.4) is 0 Å². The molecule has 4 rings (SSSR count). The summed E-state index contributed by atoms with van der Waals surface area (Å²) in [5.74, 6) is 2.01. The largest absolute Gasteiger partial charge is 0.495 e. The lowest BCUT2D eigenvalue weighted by Crippen LogP contribution is -2.50. The quantitative estimate of drug-likeness (QED) is 0.517. The Morgan fingerprint density at radius 1 is 0.892 bits per heavy atom. The third-order valence-corrected chi connectivity index (χ3v) is 9.28. The summed E-state index contributed by atoms with van der Waals surface area (Å²) in [6, 6.07) is 8.80. The van der Waals surface area contributed by atoms with E-state index in [0.29, 0.717) is 56.4 Å². The molecule has 9 nitrogen and oxygen atoms in total. The number of amides is 1. The second-order valence-electron chi connectivity index (χ2n) is 9.52. The van der Waals surface area contributed by atoms with Crippen LogP contribution in [-0.4, -0.2) is 77.6 Å². The van der Waals surface area contributed by atoms with Crippen LogP contribution in [0.4, 0.5) is 5.69 Å². The highest BCUT2D eigenvalue weighted by molar-refractivity contribution is 7.89. The van der Waals surface area contributed by atoms with Crippen LogP contribution in [0, 0.1) is 5.92 Å². The molecule has 0 aromatic heterocycles. The Hall–Kier alpha value is -2.98. The number of hydrogen-bond donors (Lipinski definition) is 0. The first-order valence-corrected chi connectivity index (χ1v) is 14.1. The molecule has 1 amide bonds. The van der Waals surface area contributed by atoms with Gasteiger partial charge in [-0.1, -0.05) is 13.8 Å². The van der Waals surface area contributed by atoms with Gasteiger partial charge in [0.15, 0.2) is 11.5 Å². The number of sulfonamides is 1. The van der Waals surface area contributed by atoms with E-state index in [1.54, 1.807) is 39.5 Å². The van der Waals surface area contributed by atoms with Crippen LogP contribution in [0.5, 0.6) is 17.2 Å². The Morgan fingerprint density at radius 3 is 2.11 bits per heavy atom. The maximum absolute atomic E-state index is 13.7. The normalized spacial score (nSPS) is 17.2. The Morgan fingerprint density at radius 2 is 1.51 bits per heavy atom. The zero-order valence-electron chi connectivity index (χ0n) is 22.3. The molecule has 2 aromatic carbocycles. The van der Waals surface area contributed by atoms with Gasteiger partial charge >= 0.3 is 0 Å². The molecular weight excluding hydrogens is 494 g/mol. The summed E-state index contributed by atoms with van der Waals surface area (Å²) >= 11 is 0. The molecule has 2 aromatic rings. The predicted octanol–water partition coefficient (Wildman–Crippen LogP) is 3.15. The van der Waals surface area contributed by atoms with Gasteiger partial charge in [0.1, 0.15) is 5.75 Å². The van der Waals surface area contributed by atoms with E-state index in [2.05, 4.69) is 4.90 Å². The number of carbonyl (C=O) groups excluding carboxylic acids is 1. The van der Waals surface area contributed by atoms with E-state index in [0.717, 1.165) is 23.2 Å². The molecule has 0 saturated carbocycles. The van der Waals surface area contributed by atoms with Crippen molar-refractivity contribution in [3.63, 3.8) is 0 Å². The van der Waals surface area contributed by atoms with E-state index >= 15 is 0 Å². The van der Waals surface area contributed by atoms with Gasteiger partial charge in [0, 0.05) is 45.2 Å². The number of rotatable bonds is 8. The summed E-state index contributed by atoms with van der Waals surface area (Å²) in [4.78, 5) is 16.8. The van der Waals surface area contributed by atoms with E-state index in [1.807, 2.05) is 30.9 Å². The molecule has 2 aliphatic heterocycles. The first-order chi connectivity index (χ1) is 17.7. The number of anilines is 1. The third kappa shape index (κ3) is 5.36. The average molecular weight is 532 g/mol. The zero-order chi connectivity index (χ0) is 26.7. The lowest BCUT2D eigenvalue weighted by atomic mass is 10.0. The van der Waals surface area contributed by atoms with E-state index in [9.17, 15) is 13.2 Å². The first-order valence-electron chi connectivity index (χ1n) is 12.7. The molecule has 2 heterocycles. The van der Waals surface area contributed by atoms with Gasteiger partial charge in [-0.05, 0) is 54.3 Å².